The van der Waals surface area contributed by atoms with Crippen LogP contribution in [0.2, 0.25) is 0 Å². The van der Waals surface area contributed by atoms with Crippen molar-refractivity contribution in [2.45, 2.75) is 19.4 Å². The van der Waals surface area contributed by atoms with E-state index in [0.717, 1.165) is 30.1 Å². The number of likely N-dealkylation sites (N-methyl/N-ethyl adjacent to an activating group) is 1. The van der Waals surface area contributed by atoms with E-state index in [1.165, 1.54) is 29.9 Å². The standard InChI is InChI=1S/C27H32FN5O6/c1-31(27(37)38)9-10-33-21-16-19(15-18-3-5-20(28)6-4-18)17-30-23(21)24(34)22(26(33)36)25(35)29-7-2-8-32-11-13-39-14-12-32/h3-6,16-17,34H,2,7-15H2,1H3,(H,29,35)(H,37,38). The van der Waals surface area contributed by atoms with E-state index in [1.54, 1.807) is 18.2 Å². The summed E-state index contributed by atoms with van der Waals surface area (Å²) >= 11 is 0. The number of nitrogens with one attached hydrogen (secondary N) is 1. The molecule has 1 aliphatic rings. The number of hydrogen-bond donors (Lipinski definition) is 3. The van der Waals surface area contributed by atoms with Gasteiger partial charge in [0.15, 0.2) is 5.75 Å². The molecule has 11 nitrogen and oxygen atoms in total. The SMILES string of the molecule is CN(CCn1c(=O)c(C(=O)NCCCN2CCOCC2)c(O)c2ncc(Cc3ccc(F)cc3)cc21)C(=O)O. The van der Waals surface area contributed by atoms with Gasteiger partial charge in [0.05, 0.1) is 18.7 Å². The third-order valence-corrected chi connectivity index (χ3v) is 6.71. The van der Waals surface area contributed by atoms with E-state index in [0.29, 0.717) is 38.2 Å². The van der Waals surface area contributed by atoms with Crippen molar-refractivity contribution in [3.8, 4) is 5.75 Å². The molecule has 0 spiro atoms. The second-order valence-electron chi connectivity index (χ2n) is 9.46. The van der Waals surface area contributed by atoms with Crippen LogP contribution in [0, 0.1) is 5.82 Å². The normalized spacial score (nSPS) is 13.9. The van der Waals surface area contributed by atoms with Crippen molar-refractivity contribution in [2.75, 3.05) is 53.0 Å². The van der Waals surface area contributed by atoms with E-state index in [1.807, 2.05) is 0 Å². The monoisotopic (exact) mass is 541 g/mol. The van der Waals surface area contributed by atoms with Gasteiger partial charge in [-0.25, -0.2) is 9.18 Å². The number of carbonyl (C=O) groups is 2. The molecule has 0 unspecified atom stereocenters. The summed E-state index contributed by atoms with van der Waals surface area (Å²) < 4.78 is 19.9. The molecule has 3 aromatic rings. The predicted molar refractivity (Wildman–Crippen MR) is 142 cm³/mol. The van der Waals surface area contributed by atoms with Crippen molar-refractivity contribution in [1.82, 2.24) is 24.7 Å². The molecular formula is C27H32FN5O6. The van der Waals surface area contributed by atoms with Crippen molar-refractivity contribution in [2.24, 2.45) is 0 Å². The lowest BCUT2D eigenvalue weighted by Crippen LogP contribution is -2.39. The molecule has 0 saturated carbocycles. The van der Waals surface area contributed by atoms with Crippen LogP contribution < -0.4 is 10.9 Å². The van der Waals surface area contributed by atoms with Crippen molar-refractivity contribution >= 4 is 23.0 Å². The van der Waals surface area contributed by atoms with E-state index in [4.69, 9.17) is 4.74 Å². The average molecular weight is 542 g/mol. The van der Waals surface area contributed by atoms with E-state index in [2.05, 4.69) is 15.2 Å². The van der Waals surface area contributed by atoms with Gasteiger partial charge in [-0.3, -0.25) is 19.5 Å². The summed E-state index contributed by atoms with van der Waals surface area (Å²) in [5.41, 5.74) is 0.632. The zero-order valence-electron chi connectivity index (χ0n) is 21.7. The largest absolute Gasteiger partial charge is 0.505 e. The number of halogens is 1. The van der Waals surface area contributed by atoms with Crippen molar-refractivity contribution in [3.05, 3.63) is 69.4 Å². The molecule has 3 N–H and O–H groups in total. The van der Waals surface area contributed by atoms with Gasteiger partial charge in [-0.1, -0.05) is 12.1 Å². The highest BCUT2D eigenvalue weighted by atomic mass is 19.1. The van der Waals surface area contributed by atoms with E-state index in [9.17, 15) is 29.0 Å². The fourth-order valence-electron chi connectivity index (χ4n) is 4.47. The van der Waals surface area contributed by atoms with Gasteiger partial charge in [0.2, 0.25) is 0 Å². The molecule has 1 aliphatic heterocycles. The summed E-state index contributed by atoms with van der Waals surface area (Å²) in [6.07, 6.45) is 1.40. The molecule has 208 valence electrons. The number of rotatable bonds is 10. The molecule has 4 rings (SSSR count). The summed E-state index contributed by atoms with van der Waals surface area (Å²) in [6, 6.07) is 7.63. The number of morpholine rings is 1. The lowest BCUT2D eigenvalue weighted by Gasteiger charge is -2.26. The minimum Gasteiger partial charge on any atom is -0.505 e. The Morgan fingerprint density at radius 2 is 1.87 bits per heavy atom. The lowest BCUT2D eigenvalue weighted by molar-refractivity contribution is 0.0374. The average Bonchev–Trinajstić information content (AvgIpc) is 2.92. The topological polar surface area (TPSA) is 137 Å². The number of aromatic hydroxyl groups is 1. The number of benzene rings is 1. The fraction of sp³-hybridized carbons (Fsp3) is 0.407. The number of fused-ring (bicyclic) bond motifs is 1. The van der Waals surface area contributed by atoms with Crippen LogP contribution in [-0.4, -0.2) is 94.5 Å². The minimum absolute atomic E-state index is 0.0298. The van der Waals surface area contributed by atoms with Crippen molar-refractivity contribution < 1.29 is 28.9 Å². The number of carboxylic acid groups (broad SMARTS) is 1. The van der Waals surface area contributed by atoms with Crippen LogP contribution in [0.1, 0.15) is 27.9 Å². The molecule has 0 aliphatic carbocycles. The highest BCUT2D eigenvalue weighted by Crippen LogP contribution is 2.26. The maximum Gasteiger partial charge on any atom is 0.407 e. The van der Waals surface area contributed by atoms with Gasteiger partial charge in [0, 0.05) is 46.0 Å². The second kappa shape index (κ2) is 12.7. The molecule has 12 heteroatoms. The lowest BCUT2D eigenvalue weighted by atomic mass is 10.1. The molecule has 2 amide bonds. The van der Waals surface area contributed by atoms with Crippen LogP contribution in [0.5, 0.6) is 5.75 Å². The predicted octanol–water partition coefficient (Wildman–Crippen LogP) is 1.89. The van der Waals surface area contributed by atoms with Crippen molar-refractivity contribution in [1.29, 1.82) is 0 Å². The number of amides is 2. The third-order valence-electron chi connectivity index (χ3n) is 6.71. The number of hydrogen-bond acceptors (Lipinski definition) is 7. The number of aromatic nitrogens is 2. The van der Waals surface area contributed by atoms with E-state index < -0.39 is 28.9 Å². The van der Waals surface area contributed by atoms with Crippen LogP contribution in [0.15, 0.2) is 41.3 Å². The van der Waals surface area contributed by atoms with E-state index in [-0.39, 0.29) is 29.9 Å². The van der Waals surface area contributed by atoms with Gasteiger partial charge in [-0.2, -0.15) is 0 Å². The quantitative estimate of drug-likeness (QED) is 0.331. The van der Waals surface area contributed by atoms with Gasteiger partial charge in [-0.05, 0) is 48.7 Å². The van der Waals surface area contributed by atoms with Gasteiger partial charge in [0.25, 0.3) is 11.5 Å². The number of ether oxygens (including phenoxy) is 1. The molecule has 2 aromatic heterocycles. The third kappa shape index (κ3) is 6.89. The smallest absolute Gasteiger partial charge is 0.407 e. The van der Waals surface area contributed by atoms with Crippen molar-refractivity contribution in [3.63, 3.8) is 0 Å². The zero-order valence-corrected chi connectivity index (χ0v) is 21.7. The Bertz CT molecular complexity index is 1390. The molecule has 0 radical (unpaired) electrons. The van der Waals surface area contributed by atoms with Crippen LogP contribution in [0.4, 0.5) is 9.18 Å². The maximum atomic E-state index is 13.5. The molecule has 0 atom stereocenters. The van der Waals surface area contributed by atoms with E-state index >= 15 is 0 Å². The first-order chi connectivity index (χ1) is 18.7. The molecule has 0 bridgehead atoms. The zero-order chi connectivity index (χ0) is 27.9. The number of nitrogens with zero attached hydrogens (tertiary/aromatic N) is 4. The highest BCUT2D eigenvalue weighted by Gasteiger charge is 2.24. The Hall–Kier alpha value is -4.03. The van der Waals surface area contributed by atoms with Crippen LogP contribution >= 0.6 is 0 Å². The number of pyridine rings is 2. The van der Waals surface area contributed by atoms with Gasteiger partial charge >= 0.3 is 6.09 Å². The van der Waals surface area contributed by atoms with Gasteiger partial charge in [0.1, 0.15) is 16.9 Å². The Kier molecular flexibility index (Phi) is 9.10. The second-order valence-corrected chi connectivity index (χ2v) is 9.46. The summed E-state index contributed by atoms with van der Waals surface area (Å²) in [5, 5.41) is 22.9. The van der Waals surface area contributed by atoms with Gasteiger partial charge < -0.3 is 29.7 Å². The summed E-state index contributed by atoms with van der Waals surface area (Å²) in [6.45, 7) is 3.97. The molecule has 3 heterocycles. The van der Waals surface area contributed by atoms with Crippen LogP contribution in [0.3, 0.4) is 0 Å². The first kappa shape index (κ1) is 28.0. The molecular weight excluding hydrogens is 509 g/mol. The molecule has 39 heavy (non-hydrogen) atoms. The first-order valence-electron chi connectivity index (χ1n) is 12.8. The Morgan fingerprint density at radius 1 is 1.15 bits per heavy atom. The summed E-state index contributed by atoms with van der Waals surface area (Å²) in [4.78, 5) is 45.5. The number of carbonyl (C=O) groups excluding carboxylic acids is 1. The van der Waals surface area contributed by atoms with Crippen LogP contribution in [-0.2, 0) is 17.7 Å². The Balaban J connectivity index is 1.61. The first-order valence-corrected chi connectivity index (χ1v) is 12.8. The maximum absolute atomic E-state index is 13.5. The summed E-state index contributed by atoms with van der Waals surface area (Å²) in [5.74, 6) is -1.61. The molecule has 1 aromatic carbocycles. The van der Waals surface area contributed by atoms with Gasteiger partial charge in [-0.15, -0.1) is 0 Å². The minimum atomic E-state index is -1.17. The van der Waals surface area contributed by atoms with Crippen LogP contribution in [0.25, 0.3) is 11.0 Å². The summed E-state index contributed by atoms with van der Waals surface area (Å²) in [7, 11) is 1.37. The fourth-order valence-corrected chi connectivity index (χ4v) is 4.47. The molecule has 1 fully saturated rings. The molecule has 1 saturated heterocycles. The Labute approximate surface area is 224 Å². The highest BCUT2D eigenvalue weighted by molar-refractivity contribution is 6.01. The Morgan fingerprint density at radius 3 is 2.56 bits per heavy atom.